The largest absolute Gasteiger partial charge is 0.497 e. The molecular weight excluding hydrogens is 220 g/mol. The Balaban J connectivity index is 2.29. The van der Waals surface area contributed by atoms with E-state index in [2.05, 4.69) is 10.1 Å². The van der Waals surface area contributed by atoms with E-state index in [1.54, 1.807) is 21.1 Å². The molecule has 0 atom stereocenters. The lowest BCUT2D eigenvalue weighted by Crippen LogP contribution is -1.95. The summed E-state index contributed by atoms with van der Waals surface area (Å²) in [5, 5.41) is 3.75. The molecule has 1 aromatic heterocycles. The Morgan fingerprint density at radius 2 is 2.06 bits per heavy atom. The highest BCUT2D eigenvalue weighted by Crippen LogP contribution is 2.25. The van der Waals surface area contributed by atoms with Crippen LogP contribution in [0.25, 0.3) is 0 Å². The lowest BCUT2D eigenvalue weighted by molar-refractivity contribution is 0.374. The van der Waals surface area contributed by atoms with E-state index in [9.17, 15) is 0 Å². The highest BCUT2D eigenvalue weighted by Gasteiger charge is 2.10. The molecule has 0 saturated carbocycles. The van der Waals surface area contributed by atoms with Crippen molar-refractivity contribution in [3.05, 3.63) is 35.5 Å². The van der Waals surface area contributed by atoms with Gasteiger partial charge in [-0.25, -0.2) is 0 Å². The molecule has 1 aromatic carbocycles. The maximum Gasteiger partial charge on any atom is 0.231 e. The smallest absolute Gasteiger partial charge is 0.231 e. The van der Waals surface area contributed by atoms with Crippen molar-refractivity contribution in [2.75, 3.05) is 14.2 Å². The molecule has 0 bridgehead atoms. The van der Waals surface area contributed by atoms with Crippen molar-refractivity contribution in [3.8, 4) is 11.5 Å². The van der Waals surface area contributed by atoms with Crippen molar-refractivity contribution in [1.29, 1.82) is 0 Å². The maximum atomic E-state index is 5.28. The SMILES string of the molecule is COc1ccc(OC)c(Cc2nc(C)no2)c1. The fourth-order valence-corrected chi connectivity index (χ4v) is 1.59. The molecule has 5 nitrogen and oxygen atoms in total. The first-order valence-electron chi connectivity index (χ1n) is 5.23. The molecule has 0 aliphatic rings. The minimum absolute atomic E-state index is 0.529. The molecule has 0 amide bonds. The molecule has 0 spiro atoms. The minimum Gasteiger partial charge on any atom is -0.497 e. The van der Waals surface area contributed by atoms with E-state index < -0.39 is 0 Å². The zero-order chi connectivity index (χ0) is 12.3. The molecule has 0 radical (unpaired) electrons. The van der Waals surface area contributed by atoms with Crippen LogP contribution in [0.1, 0.15) is 17.3 Å². The Morgan fingerprint density at radius 1 is 1.24 bits per heavy atom. The topological polar surface area (TPSA) is 57.4 Å². The standard InChI is InChI=1S/C12H14N2O3/c1-8-13-12(17-14-8)7-9-6-10(15-2)4-5-11(9)16-3/h4-6H,7H2,1-3H3. The number of rotatable bonds is 4. The molecule has 0 aliphatic carbocycles. The van der Waals surface area contributed by atoms with E-state index >= 15 is 0 Å². The summed E-state index contributed by atoms with van der Waals surface area (Å²) >= 11 is 0. The lowest BCUT2D eigenvalue weighted by Gasteiger charge is -2.08. The van der Waals surface area contributed by atoms with Gasteiger partial charge in [0.25, 0.3) is 0 Å². The van der Waals surface area contributed by atoms with Gasteiger partial charge in [0.2, 0.25) is 5.89 Å². The van der Waals surface area contributed by atoms with E-state index in [1.807, 2.05) is 18.2 Å². The molecule has 0 saturated heterocycles. The molecular formula is C12H14N2O3. The van der Waals surface area contributed by atoms with Crippen molar-refractivity contribution in [2.45, 2.75) is 13.3 Å². The van der Waals surface area contributed by atoms with Crippen LogP contribution in [0.15, 0.2) is 22.7 Å². The third kappa shape index (κ3) is 2.55. The normalized spacial score (nSPS) is 10.3. The van der Waals surface area contributed by atoms with Gasteiger partial charge in [-0.2, -0.15) is 4.98 Å². The Kier molecular flexibility index (Phi) is 3.27. The molecule has 5 heteroatoms. The van der Waals surface area contributed by atoms with Gasteiger partial charge < -0.3 is 14.0 Å². The van der Waals surface area contributed by atoms with E-state index in [-0.39, 0.29) is 0 Å². The quantitative estimate of drug-likeness (QED) is 0.809. The summed E-state index contributed by atoms with van der Waals surface area (Å²) in [5.74, 6) is 2.75. The second-order valence-corrected chi connectivity index (χ2v) is 3.59. The van der Waals surface area contributed by atoms with E-state index in [0.717, 1.165) is 17.1 Å². The second-order valence-electron chi connectivity index (χ2n) is 3.59. The predicted octanol–water partition coefficient (Wildman–Crippen LogP) is 1.99. The molecule has 0 unspecified atom stereocenters. The monoisotopic (exact) mass is 234 g/mol. The molecule has 17 heavy (non-hydrogen) atoms. The van der Waals surface area contributed by atoms with E-state index in [1.165, 1.54) is 0 Å². The van der Waals surface area contributed by atoms with Gasteiger partial charge in [0.05, 0.1) is 20.6 Å². The second kappa shape index (κ2) is 4.86. The first-order chi connectivity index (χ1) is 8.22. The zero-order valence-corrected chi connectivity index (χ0v) is 10.1. The van der Waals surface area contributed by atoms with Crippen molar-refractivity contribution in [3.63, 3.8) is 0 Å². The molecule has 90 valence electrons. The highest BCUT2D eigenvalue weighted by molar-refractivity contribution is 5.41. The van der Waals surface area contributed by atoms with Crippen molar-refractivity contribution in [2.24, 2.45) is 0 Å². The summed E-state index contributed by atoms with van der Waals surface area (Å²) in [6, 6.07) is 5.61. The predicted molar refractivity (Wildman–Crippen MR) is 61.4 cm³/mol. The number of methoxy groups -OCH3 is 2. The molecule has 2 rings (SSSR count). The van der Waals surface area contributed by atoms with Gasteiger partial charge in [0.15, 0.2) is 5.82 Å². The van der Waals surface area contributed by atoms with E-state index in [4.69, 9.17) is 14.0 Å². The van der Waals surface area contributed by atoms with Gasteiger partial charge in [-0.05, 0) is 25.1 Å². The number of aryl methyl sites for hydroxylation is 1. The average molecular weight is 234 g/mol. The van der Waals surface area contributed by atoms with Crippen LogP contribution in [0.2, 0.25) is 0 Å². The van der Waals surface area contributed by atoms with Gasteiger partial charge in [0.1, 0.15) is 11.5 Å². The first kappa shape index (κ1) is 11.4. The van der Waals surface area contributed by atoms with Crippen LogP contribution in [0.5, 0.6) is 11.5 Å². The van der Waals surface area contributed by atoms with Crippen LogP contribution in [0.3, 0.4) is 0 Å². The highest BCUT2D eigenvalue weighted by atomic mass is 16.5. The third-order valence-corrected chi connectivity index (χ3v) is 2.40. The fourth-order valence-electron chi connectivity index (χ4n) is 1.59. The van der Waals surface area contributed by atoms with Crippen LogP contribution in [-0.4, -0.2) is 24.4 Å². The van der Waals surface area contributed by atoms with Gasteiger partial charge in [-0.1, -0.05) is 5.16 Å². The number of nitrogens with zero attached hydrogens (tertiary/aromatic N) is 2. The molecule has 0 N–H and O–H groups in total. The summed E-state index contributed by atoms with van der Waals surface area (Å²) in [4.78, 5) is 4.16. The summed E-state index contributed by atoms with van der Waals surface area (Å²) in [6.45, 7) is 1.79. The number of benzene rings is 1. The van der Waals surface area contributed by atoms with Crippen LogP contribution >= 0.6 is 0 Å². The first-order valence-corrected chi connectivity index (χ1v) is 5.23. The molecule has 1 heterocycles. The molecule has 0 aliphatic heterocycles. The van der Waals surface area contributed by atoms with Gasteiger partial charge in [-0.3, -0.25) is 0 Å². The maximum absolute atomic E-state index is 5.28. The van der Waals surface area contributed by atoms with Gasteiger partial charge >= 0.3 is 0 Å². The van der Waals surface area contributed by atoms with Crippen LogP contribution in [0.4, 0.5) is 0 Å². The zero-order valence-electron chi connectivity index (χ0n) is 10.1. The van der Waals surface area contributed by atoms with Gasteiger partial charge in [-0.15, -0.1) is 0 Å². The summed E-state index contributed by atoms with van der Waals surface area (Å²) < 4.78 is 15.5. The third-order valence-electron chi connectivity index (χ3n) is 2.40. The van der Waals surface area contributed by atoms with Crippen LogP contribution < -0.4 is 9.47 Å². The average Bonchev–Trinajstić information content (AvgIpc) is 2.74. The molecule has 2 aromatic rings. The Labute approximate surface area is 99.4 Å². The Morgan fingerprint density at radius 3 is 2.65 bits per heavy atom. The Bertz CT molecular complexity index is 508. The number of ether oxygens (including phenoxy) is 2. The summed E-state index contributed by atoms with van der Waals surface area (Å²) in [7, 11) is 3.26. The number of aromatic nitrogens is 2. The number of hydrogen-bond donors (Lipinski definition) is 0. The fraction of sp³-hybridized carbons (Fsp3) is 0.333. The van der Waals surface area contributed by atoms with Crippen molar-refractivity contribution >= 4 is 0 Å². The number of hydrogen-bond acceptors (Lipinski definition) is 5. The lowest BCUT2D eigenvalue weighted by atomic mass is 10.1. The summed E-state index contributed by atoms with van der Waals surface area (Å²) in [5.41, 5.74) is 0.954. The van der Waals surface area contributed by atoms with Crippen LogP contribution in [0, 0.1) is 6.92 Å². The Hall–Kier alpha value is -2.04. The summed E-state index contributed by atoms with van der Waals surface area (Å²) in [6.07, 6.45) is 0.529. The van der Waals surface area contributed by atoms with Crippen LogP contribution in [-0.2, 0) is 6.42 Å². The van der Waals surface area contributed by atoms with Crippen molar-refractivity contribution < 1.29 is 14.0 Å². The van der Waals surface area contributed by atoms with Crippen molar-refractivity contribution in [1.82, 2.24) is 10.1 Å². The van der Waals surface area contributed by atoms with E-state index in [0.29, 0.717) is 18.1 Å². The van der Waals surface area contributed by atoms with Gasteiger partial charge in [0, 0.05) is 5.56 Å². The molecule has 0 fully saturated rings. The minimum atomic E-state index is 0.529.